The number of aryl methyl sites for hydroxylation is 1. The van der Waals surface area contributed by atoms with Crippen molar-refractivity contribution in [2.45, 2.75) is 10.8 Å². The second-order valence-corrected chi connectivity index (χ2v) is 8.34. The van der Waals surface area contributed by atoms with Crippen molar-refractivity contribution in [1.29, 1.82) is 0 Å². The molecule has 3 aromatic heterocycles. The first-order valence-corrected chi connectivity index (χ1v) is 11.3. The van der Waals surface area contributed by atoms with Crippen molar-refractivity contribution in [3.8, 4) is 22.9 Å². The number of rotatable bonds is 7. The number of hydrogen-bond acceptors (Lipinski definition) is 10. The fraction of sp³-hybridized carbons (Fsp3) is 0.261. The smallest absolute Gasteiger partial charge is 0.373 e. The van der Waals surface area contributed by atoms with Crippen molar-refractivity contribution in [2.75, 3.05) is 21.3 Å². The number of nitrogens with zero attached hydrogens (tertiary/aromatic N) is 4. The molecule has 11 nitrogen and oxygen atoms in total. The molecule has 0 atom stereocenters. The number of hydrogen-bond donors (Lipinski definition) is 0. The molecule has 182 valence electrons. The largest absolute Gasteiger partial charge is 0.493 e. The molecule has 3 heterocycles. The molecule has 0 unspecified atom stereocenters. The fourth-order valence-corrected chi connectivity index (χ4v) is 4.35. The number of carbonyl (C=O) groups excluding carboxylic acids is 1. The molecule has 0 spiro atoms. The van der Waals surface area contributed by atoms with Crippen LogP contribution in [-0.4, -0.2) is 46.4 Å². The third kappa shape index (κ3) is 4.39. The van der Waals surface area contributed by atoms with Gasteiger partial charge in [-0.05, 0) is 30.3 Å². The predicted octanol–water partition coefficient (Wildman–Crippen LogP) is 2.38. The molecule has 0 fully saturated rings. The van der Waals surface area contributed by atoms with Crippen LogP contribution in [0, 0.1) is 0 Å². The SMILES string of the molecule is COC(=O)c1ccc(CSc2nc(-c3ccc(OC)c(OC)c3)nc3c2c(=O)n(C)c(=O)n3C)o1. The molecule has 12 heteroatoms. The molecule has 0 aliphatic carbocycles. The Morgan fingerprint density at radius 1 is 1.00 bits per heavy atom. The summed E-state index contributed by atoms with van der Waals surface area (Å²) in [6.45, 7) is 0. The minimum atomic E-state index is -0.589. The molecule has 1 aromatic carbocycles. The Labute approximate surface area is 203 Å². The maximum absolute atomic E-state index is 13.0. The zero-order chi connectivity index (χ0) is 25.3. The summed E-state index contributed by atoms with van der Waals surface area (Å²) in [5.74, 6) is 1.53. The lowest BCUT2D eigenvalue weighted by Crippen LogP contribution is -2.37. The monoisotopic (exact) mass is 498 g/mol. The summed E-state index contributed by atoms with van der Waals surface area (Å²) >= 11 is 1.22. The zero-order valence-electron chi connectivity index (χ0n) is 19.6. The van der Waals surface area contributed by atoms with Gasteiger partial charge in [0.05, 0.1) is 27.1 Å². The summed E-state index contributed by atoms with van der Waals surface area (Å²) in [5, 5.41) is 0.551. The Bertz CT molecular complexity index is 1550. The number of methoxy groups -OCH3 is 3. The standard InChI is InChI=1S/C23H22N4O7S/c1-26-19-17(21(28)27(2)23(26)30)20(35-11-13-7-9-15(34-13)22(29)33-5)25-18(24-19)12-6-8-14(31-3)16(10-12)32-4/h6-10H,11H2,1-5H3. The van der Waals surface area contributed by atoms with Crippen molar-refractivity contribution in [2.24, 2.45) is 14.1 Å². The van der Waals surface area contributed by atoms with Gasteiger partial charge in [0.2, 0.25) is 5.76 Å². The number of ether oxygens (including phenoxy) is 3. The molecule has 0 radical (unpaired) electrons. The van der Waals surface area contributed by atoms with Crippen LogP contribution in [0.15, 0.2) is 49.4 Å². The van der Waals surface area contributed by atoms with E-state index in [1.807, 2.05) is 0 Å². The molecule has 0 saturated carbocycles. The zero-order valence-corrected chi connectivity index (χ0v) is 20.5. The number of furan rings is 1. The van der Waals surface area contributed by atoms with Crippen LogP contribution in [-0.2, 0) is 24.6 Å². The molecule has 4 aromatic rings. The van der Waals surface area contributed by atoms with E-state index in [-0.39, 0.29) is 22.5 Å². The van der Waals surface area contributed by atoms with E-state index in [1.165, 1.54) is 50.8 Å². The highest BCUT2D eigenvalue weighted by atomic mass is 32.2. The molecule has 0 aliphatic rings. The van der Waals surface area contributed by atoms with E-state index in [9.17, 15) is 14.4 Å². The summed E-state index contributed by atoms with van der Waals surface area (Å²) in [5.41, 5.74) is -0.232. The van der Waals surface area contributed by atoms with Gasteiger partial charge in [0.25, 0.3) is 5.56 Å². The lowest BCUT2D eigenvalue weighted by atomic mass is 10.2. The van der Waals surface area contributed by atoms with Crippen LogP contribution >= 0.6 is 11.8 Å². The normalized spacial score (nSPS) is 11.0. The van der Waals surface area contributed by atoms with Gasteiger partial charge in [-0.15, -0.1) is 0 Å². The van der Waals surface area contributed by atoms with E-state index >= 15 is 0 Å². The summed E-state index contributed by atoms with van der Waals surface area (Å²) in [6, 6.07) is 8.34. The number of fused-ring (bicyclic) bond motifs is 1. The van der Waals surface area contributed by atoms with E-state index in [1.54, 1.807) is 31.3 Å². The Morgan fingerprint density at radius 3 is 2.43 bits per heavy atom. The molecule has 4 rings (SSSR count). The predicted molar refractivity (Wildman–Crippen MR) is 128 cm³/mol. The summed E-state index contributed by atoms with van der Waals surface area (Å²) in [6.07, 6.45) is 0. The Morgan fingerprint density at radius 2 is 1.74 bits per heavy atom. The van der Waals surface area contributed by atoms with Gasteiger partial charge in [-0.3, -0.25) is 13.9 Å². The number of aromatic nitrogens is 4. The molecule has 0 saturated heterocycles. The van der Waals surface area contributed by atoms with Crippen molar-refractivity contribution in [3.63, 3.8) is 0 Å². The van der Waals surface area contributed by atoms with E-state index in [4.69, 9.17) is 13.9 Å². The van der Waals surface area contributed by atoms with Crippen molar-refractivity contribution in [1.82, 2.24) is 19.1 Å². The van der Waals surface area contributed by atoms with E-state index in [0.717, 1.165) is 4.57 Å². The molecule has 0 N–H and O–H groups in total. The number of esters is 1. The van der Waals surface area contributed by atoms with Gasteiger partial charge in [0.1, 0.15) is 16.2 Å². The first-order valence-electron chi connectivity index (χ1n) is 10.3. The maximum Gasteiger partial charge on any atom is 0.373 e. The highest BCUT2D eigenvalue weighted by Crippen LogP contribution is 2.33. The van der Waals surface area contributed by atoms with Gasteiger partial charge >= 0.3 is 11.7 Å². The van der Waals surface area contributed by atoms with Crippen molar-refractivity contribution in [3.05, 3.63) is 62.7 Å². The molecular formula is C23H22N4O7S. The van der Waals surface area contributed by atoms with E-state index in [2.05, 4.69) is 14.7 Å². The minimum absolute atomic E-state index is 0.0694. The van der Waals surface area contributed by atoms with Crippen LogP contribution in [0.4, 0.5) is 0 Å². The van der Waals surface area contributed by atoms with Gasteiger partial charge < -0.3 is 18.6 Å². The summed E-state index contributed by atoms with van der Waals surface area (Å²) < 4.78 is 23.2. The third-order valence-electron chi connectivity index (χ3n) is 5.31. The number of carbonyl (C=O) groups is 1. The average molecular weight is 499 g/mol. The highest BCUT2D eigenvalue weighted by molar-refractivity contribution is 7.98. The highest BCUT2D eigenvalue weighted by Gasteiger charge is 2.20. The van der Waals surface area contributed by atoms with Crippen LogP contribution < -0.4 is 20.7 Å². The fourth-order valence-electron chi connectivity index (χ4n) is 3.44. The van der Waals surface area contributed by atoms with Gasteiger partial charge in [0, 0.05) is 19.7 Å². The van der Waals surface area contributed by atoms with Crippen LogP contribution in [0.25, 0.3) is 22.4 Å². The van der Waals surface area contributed by atoms with Crippen LogP contribution in [0.3, 0.4) is 0 Å². The minimum Gasteiger partial charge on any atom is -0.493 e. The van der Waals surface area contributed by atoms with Crippen LogP contribution in [0.2, 0.25) is 0 Å². The quantitative estimate of drug-likeness (QED) is 0.213. The third-order valence-corrected chi connectivity index (χ3v) is 6.31. The molecular weight excluding hydrogens is 476 g/mol. The number of thioether (sulfide) groups is 1. The van der Waals surface area contributed by atoms with Gasteiger partial charge in [-0.2, -0.15) is 0 Å². The molecule has 35 heavy (non-hydrogen) atoms. The van der Waals surface area contributed by atoms with E-state index < -0.39 is 17.2 Å². The molecule has 0 aliphatic heterocycles. The first kappa shape index (κ1) is 24.1. The Kier molecular flexibility index (Phi) is 6.65. The van der Waals surface area contributed by atoms with Gasteiger partial charge in [-0.1, -0.05) is 11.8 Å². The lowest BCUT2D eigenvalue weighted by Gasteiger charge is -2.13. The van der Waals surface area contributed by atoms with Crippen LogP contribution in [0.1, 0.15) is 16.3 Å². The second kappa shape index (κ2) is 9.66. The van der Waals surface area contributed by atoms with Gasteiger partial charge in [0.15, 0.2) is 23.0 Å². The van der Waals surface area contributed by atoms with Gasteiger partial charge in [-0.25, -0.2) is 19.6 Å². The molecule has 0 amide bonds. The Hall–Kier alpha value is -4.06. The second-order valence-electron chi connectivity index (χ2n) is 7.37. The topological polar surface area (TPSA) is 128 Å². The van der Waals surface area contributed by atoms with Crippen LogP contribution in [0.5, 0.6) is 11.5 Å². The Balaban J connectivity index is 1.86. The maximum atomic E-state index is 13.0. The summed E-state index contributed by atoms with van der Waals surface area (Å²) in [7, 11) is 7.26. The molecule has 0 bridgehead atoms. The van der Waals surface area contributed by atoms with Crippen molar-refractivity contribution >= 4 is 28.8 Å². The number of benzene rings is 1. The van der Waals surface area contributed by atoms with Crippen molar-refractivity contribution < 1.29 is 23.4 Å². The summed E-state index contributed by atoms with van der Waals surface area (Å²) in [4.78, 5) is 46.5. The van der Waals surface area contributed by atoms with E-state index in [0.29, 0.717) is 33.7 Å². The lowest BCUT2D eigenvalue weighted by molar-refractivity contribution is 0.0563. The average Bonchev–Trinajstić information content (AvgIpc) is 3.37. The first-order chi connectivity index (χ1) is 16.8.